The first kappa shape index (κ1) is 11.2. The predicted octanol–water partition coefficient (Wildman–Crippen LogP) is 0.224. The molecule has 0 atom stereocenters. The average Bonchev–Trinajstić information content (AvgIpc) is 2.31. The zero-order valence-corrected chi connectivity index (χ0v) is 10.4. The molecule has 6 heteroatoms. The van der Waals surface area contributed by atoms with Gasteiger partial charge in [-0.3, -0.25) is 4.90 Å². The maximum absolute atomic E-state index is 5.72. The average molecular weight is 254 g/mol. The van der Waals surface area contributed by atoms with E-state index in [0.29, 0.717) is 11.2 Å². The molecule has 2 fully saturated rings. The summed E-state index contributed by atoms with van der Waals surface area (Å²) in [6.45, 7) is 6.64. The summed E-state index contributed by atoms with van der Waals surface area (Å²) in [6, 6.07) is 4.40. The fraction of sp³-hybridized carbons (Fsp3) is 0.636. The first-order chi connectivity index (χ1) is 8.33. The molecule has 0 saturated carbocycles. The molecule has 17 heavy (non-hydrogen) atoms. The van der Waals surface area contributed by atoms with Crippen molar-refractivity contribution in [3.8, 4) is 0 Å². The van der Waals surface area contributed by atoms with Crippen LogP contribution in [0.1, 0.15) is 0 Å². The highest BCUT2D eigenvalue weighted by Crippen LogP contribution is 2.22. The monoisotopic (exact) mass is 253 g/mol. The first-order valence-electron chi connectivity index (χ1n) is 6.02. The SMILES string of the molecule is Clc1ccc(N2CC(N3CCNCC3)C2)nn1. The predicted molar refractivity (Wildman–Crippen MR) is 67.5 cm³/mol. The van der Waals surface area contributed by atoms with Crippen molar-refractivity contribution in [1.82, 2.24) is 20.4 Å². The Morgan fingerprint density at radius 1 is 1.18 bits per heavy atom. The summed E-state index contributed by atoms with van der Waals surface area (Å²) in [4.78, 5) is 4.80. The third-order valence-corrected chi connectivity index (χ3v) is 3.67. The smallest absolute Gasteiger partial charge is 0.151 e. The molecule has 3 heterocycles. The summed E-state index contributed by atoms with van der Waals surface area (Å²) in [5.41, 5.74) is 0. The number of nitrogens with one attached hydrogen (secondary N) is 1. The van der Waals surface area contributed by atoms with E-state index in [0.717, 1.165) is 45.1 Å². The molecule has 0 amide bonds. The summed E-state index contributed by atoms with van der Waals surface area (Å²) < 4.78 is 0. The quantitative estimate of drug-likeness (QED) is 0.817. The van der Waals surface area contributed by atoms with Crippen LogP contribution in [0.25, 0.3) is 0 Å². The Balaban J connectivity index is 1.55. The molecular formula is C11H16ClN5. The van der Waals surface area contributed by atoms with Gasteiger partial charge in [0.15, 0.2) is 11.0 Å². The summed E-state index contributed by atoms with van der Waals surface area (Å²) in [7, 11) is 0. The van der Waals surface area contributed by atoms with Crippen LogP contribution >= 0.6 is 11.6 Å². The molecule has 0 unspecified atom stereocenters. The fourth-order valence-corrected chi connectivity index (χ4v) is 2.50. The zero-order valence-electron chi connectivity index (χ0n) is 9.64. The first-order valence-corrected chi connectivity index (χ1v) is 6.40. The van der Waals surface area contributed by atoms with Gasteiger partial charge < -0.3 is 10.2 Å². The van der Waals surface area contributed by atoms with Crippen LogP contribution in [0.5, 0.6) is 0 Å². The van der Waals surface area contributed by atoms with Crippen molar-refractivity contribution in [3.63, 3.8) is 0 Å². The van der Waals surface area contributed by atoms with Crippen molar-refractivity contribution in [1.29, 1.82) is 0 Å². The second kappa shape index (κ2) is 4.76. The number of halogens is 1. The zero-order chi connectivity index (χ0) is 11.7. The number of hydrogen-bond donors (Lipinski definition) is 1. The highest BCUT2D eigenvalue weighted by atomic mass is 35.5. The van der Waals surface area contributed by atoms with E-state index in [9.17, 15) is 0 Å². The van der Waals surface area contributed by atoms with E-state index >= 15 is 0 Å². The maximum atomic E-state index is 5.72. The molecule has 0 bridgehead atoms. The van der Waals surface area contributed by atoms with E-state index < -0.39 is 0 Å². The van der Waals surface area contributed by atoms with Gasteiger partial charge in [0.05, 0.1) is 0 Å². The van der Waals surface area contributed by atoms with Crippen LogP contribution in [0, 0.1) is 0 Å². The molecular weight excluding hydrogens is 238 g/mol. The van der Waals surface area contributed by atoms with Crippen LogP contribution in [-0.2, 0) is 0 Å². The molecule has 2 saturated heterocycles. The Morgan fingerprint density at radius 2 is 1.94 bits per heavy atom. The lowest BCUT2D eigenvalue weighted by Crippen LogP contribution is -2.63. The van der Waals surface area contributed by atoms with Crippen LogP contribution in [0.2, 0.25) is 5.15 Å². The van der Waals surface area contributed by atoms with E-state index in [1.54, 1.807) is 6.07 Å². The Kier molecular flexibility index (Phi) is 3.13. The van der Waals surface area contributed by atoms with Gasteiger partial charge in [-0.1, -0.05) is 11.6 Å². The molecule has 1 aromatic heterocycles. The minimum absolute atomic E-state index is 0.452. The van der Waals surface area contributed by atoms with Crippen molar-refractivity contribution in [2.24, 2.45) is 0 Å². The molecule has 1 aromatic rings. The molecule has 2 aliphatic heterocycles. The summed E-state index contributed by atoms with van der Waals surface area (Å²) >= 11 is 5.72. The third-order valence-electron chi connectivity index (χ3n) is 3.47. The van der Waals surface area contributed by atoms with Crippen LogP contribution in [-0.4, -0.2) is 60.4 Å². The summed E-state index contributed by atoms with van der Waals surface area (Å²) in [6.07, 6.45) is 0. The third kappa shape index (κ3) is 2.36. The van der Waals surface area contributed by atoms with Gasteiger partial charge in [0.2, 0.25) is 0 Å². The summed E-state index contributed by atoms with van der Waals surface area (Å²) in [5.74, 6) is 0.931. The number of hydrogen-bond acceptors (Lipinski definition) is 5. The number of piperazine rings is 1. The maximum Gasteiger partial charge on any atom is 0.151 e. The standard InChI is InChI=1S/C11H16ClN5/c12-10-1-2-11(15-14-10)17-7-9(8-17)16-5-3-13-4-6-16/h1-2,9,13H,3-8H2. The fourth-order valence-electron chi connectivity index (χ4n) is 2.40. The van der Waals surface area contributed by atoms with E-state index in [1.165, 1.54) is 0 Å². The van der Waals surface area contributed by atoms with Crippen LogP contribution in [0.3, 0.4) is 0 Å². The van der Waals surface area contributed by atoms with Crippen LogP contribution in [0.4, 0.5) is 5.82 Å². The Morgan fingerprint density at radius 3 is 2.59 bits per heavy atom. The molecule has 2 aliphatic rings. The molecule has 1 N–H and O–H groups in total. The second-order valence-corrected chi connectivity index (χ2v) is 4.95. The largest absolute Gasteiger partial charge is 0.352 e. The van der Waals surface area contributed by atoms with Crippen molar-refractivity contribution in [2.45, 2.75) is 6.04 Å². The molecule has 0 radical (unpaired) electrons. The van der Waals surface area contributed by atoms with Gasteiger partial charge in [0, 0.05) is 45.3 Å². The molecule has 0 aromatic carbocycles. The van der Waals surface area contributed by atoms with Gasteiger partial charge in [-0.25, -0.2) is 0 Å². The Hall–Kier alpha value is -0.910. The van der Waals surface area contributed by atoms with Crippen molar-refractivity contribution < 1.29 is 0 Å². The normalized spacial score (nSPS) is 22.5. The highest BCUT2D eigenvalue weighted by molar-refractivity contribution is 6.29. The van der Waals surface area contributed by atoms with Crippen molar-refractivity contribution in [3.05, 3.63) is 17.3 Å². The Bertz CT molecular complexity index is 370. The molecule has 5 nitrogen and oxygen atoms in total. The van der Waals surface area contributed by atoms with Gasteiger partial charge in [-0.2, -0.15) is 0 Å². The molecule has 0 spiro atoms. The second-order valence-electron chi connectivity index (χ2n) is 4.56. The number of anilines is 1. The summed E-state index contributed by atoms with van der Waals surface area (Å²) in [5, 5.41) is 11.8. The van der Waals surface area contributed by atoms with Crippen molar-refractivity contribution in [2.75, 3.05) is 44.2 Å². The molecule has 0 aliphatic carbocycles. The number of nitrogens with zero attached hydrogens (tertiary/aromatic N) is 4. The van der Waals surface area contributed by atoms with Crippen LogP contribution < -0.4 is 10.2 Å². The van der Waals surface area contributed by atoms with Gasteiger partial charge >= 0.3 is 0 Å². The Labute approximate surface area is 106 Å². The highest BCUT2D eigenvalue weighted by Gasteiger charge is 2.33. The van der Waals surface area contributed by atoms with Gasteiger partial charge in [0.1, 0.15) is 0 Å². The van der Waals surface area contributed by atoms with E-state index in [-0.39, 0.29) is 0 Å². The van der Waals surface area contributed by atoms with Gasteiger partial charge in [-0.15, -0.1) is 10.2 Å². The molecule has 92 valence electrons. The topological polar surface area (TPSA) is 44.3 Å². The van der Waals surface area contributed by atoms with Gasteiger partial charge in [0.25, 0.3) is 0 Å². The number of rotatable bonds is 2. The van der Waals surface area contributed by atoms with E-state index in [1.807, 2.05) is 6.07 Å². The van der Waals surface area contributed by atoms with Gasteiger partial charge in [-0.05, 0) is 12.1 Å². The minimum atomic E-state index is 0.452. The lowest BCUT2D eigenvalue weighted by molar-refractivity contribution is 0.147. The van der Waals surface area contributed by atoms with Crippen molar-refractivity contribution >= 4 is 17.4 Å². The molecule has 3 rings (SSSR count). The minimum Gasteiger partial charge on any atom is -0.352 e. The van der Waals surface area contributed by atoms with Crippen LogP contribution in [0.15, 0.2) is 12.1 Å². The number of aromatic nitrogens is 2. The van der Waals surface area contributed by atoms with E-state index in [4.69, 9.17) is 11.6 Å². The lowest BCUT2D eigenvalue weighted by atomic mass is 10.1. The lowest BCUT2D eigenvalue weighted by Gasteiger charge is -2.47. The van der Waals surface area contributed by atoms with E-state index in [2.05, 4.69) is 25.3 Å².